The minimum Gasteiger partial charge on any atom is -0.232 e. The lowest BCUT2D eigenvalue weighted by Crippen LogP contribution is -2.12. The summed E-state index contributed by atoms with van der Waals surface area (Å²) in [5.74, 6) is 0. The minimum atomic E-state index is -3.74. The average molecular weight is 430 g/mol. The Hall–Kier alpha value is -2.45. The molecular weight excluding hydrogens is 414 g/mol. The van der Waals surface area contributed by atoms with E-state index in [0.29, 0.717) is 5.02 Å². The normalized spacial score (nSPS) is 11.7. The predicted molar refractivity (Wildman–Crippen MR) is 113 cm³/mol. The molecule has 0 aliphatic rings. The highest BCUT2D eigenvalue weighted by Gasteiger charge is 2.15. The molecule has 0 aliphatic carbocycles. The first-order chi connectivity index (χ1) is 13.3. The second-order valence-electron chi connectivity index (χ2n) is 6.36. The van der Waals surface area contributed by atoms with Crippen LogP contribution in [0, 0.1) is 6.92 Å². The molecule has 0 amide bonds. The Bertz CT molecular complexity index is 1240. The maximum Gasteiger partial charge on any atom is 0.238 e. The number of aromatic nitrogens is 2. The summed E-state index contributed by atoms with van der Waals surface area (Å²) < 4.78 is 24.9. The highest BCUT2D eigenvalue weighted by atomic mass is 35.5. The van der Waals surface area contributed by atoms with Crippen molar-refractivity contribution in [2.45, 2.75) is 11.8 Å². The van der Waals surface area contributed by atoms with E-state index in [4.69, 9.17) is 21.8 Å². The van der Waals surface area contributed by atoms with Crippen molar-refractivity contribution < 1.29 is 8.42 Å². The number of aryl methyl sites for hydroxylation is 1. The van der Waals surface area contributed by atoms with E-state index in [1.54, 1.807) is 23.5 Å². The van der Waals surface area contributed by atoms with Gasteiger partial charge in [-0.2, -0.15) is 5.10 Å². The Labute approximate surface area is 172 Å². The first kappa shape index (κ1) is 18.9. The smallest absolute Gasteiger partial charge is 0.232 e. The van der Waals surface area contributed by atoms with E-state index in [1.165, 1.54) is 17.7 Å². The molecule has 0 saturated heterocycles. The molecule has 28 heavy (non-hydrogen) atoms. The molecule has 4 aromatic rings. The third-order valence-electron chi connectivity index (χ3n) is 4.24. The van der Waals surface area contributed by atoms with Crippen LogP contribution in [0.2, 0.25) is 5.02 Å². The van der Waals surface area contributed by atoms with E-state index in [-0.39, 0.29) is 4.90 Å². The molecule has 2 N–H and O–H groups in total. The lowest BCUT2D eigenvalue weighted by atomic mass is 10.1. The fourth-order valence-corrected chi connectivity index (χ4v) is 4.40. The number of rotatable bonds is 4. The summed E-state index contributed by atoms with van der Waals surface area (Å²) in [6.45, 7) is 2.04. The first-order valence-electron chi connectivity index (χ1n) is 8.36. The summed E-state index contributed by atoms with van der Waals surface area (Å²) >= 11 is 7.63. The molecule has 8 heteroatoms. The van der Waals surface area contributed by atoms with Gasteiger partial charge in [0.15, 0.2) is 0 Å². The van der Waals surface area contributed by atoms with Gasteiger partial charge in [-0.15, -0.1) is 11.3 Å². The standard InChI is InChI=1S/C20H16ClN3O2S2/c1-13-10-20(27-12-13)19-11-18(14-2-4-15(21)5-3-14)23-24(19)16-6-8-17(9-7-16)28(22,25)26/h2-12H,1H3,(H2,22,25,26). The molecule has 0 aliphatic heterocycles. The van der Waals surface area contributed by atoms with Crippen LogP contribution in [0.5, 0.6) is 0 Å². The Morgan fingerprint density at radius 3 is 2.29 bits per heavy atom. The number of nitrogens with two attached hydrogens (primary N) is 1. The Morgan fingerprint density at radius 2 is 1.71 bits per heavy atom. The number of sulfonamides is 1. The van der Waals surface area contributed by atoms with Crippen molar-refractivity contribution in [3.05, 3.63) is 76.6 Å². The van der Waals surface area contributed by atoms with Crippen LogP contribution in [0.3, 0.4) is 0 Å². The molecule has 0 fully saturated rings. The molecule has 2 aromatic heterocycles. The number of primary sulfonamides is 1. The second kappa shape index (κ2) is 7.18. The number of hydrogen-bond donors (Lipinski definition) is 1. The molecule has 0 atom stereocenters. The molecule has 0 unspecified atom stereocenters. The van der Waals surface area contributed by atoms with Crippen molar-refractivity contribution in [1.82, 2.24) is 9.78 Å². The van der Waals surface area contributed by atoms with Crippen LogP contribution in [0.25, 0.3) is 27.5 Å². The van der Waals surface area contributed by atoms with Crippen LogP contribution >= 0.6 is 22.9 Å². The number of hydrogen-bond acceptors (Lipinski definition) is 4. The number of thiophene rings is 1. The average Bonchev–Trinajstić information content (AvgIpc) is 3.28. The fraction of sp³-hybridized carbons (Fsp3) is 0.0500. The van der Waals surface area contributed by atoms with E-state index >= 15 is 0 Å². The molecule has 142 valence electrons. The summed E-state index contributed by atoms with van der Waals surface area (Å²) in [7, 11) is -3.74. The highest BCUT2D eigenvalue weighted by molar-refractivity contribution is 7.89. The Kier molecular flexibility index (Phi) is 4.84. The minimum absolute atomic E-state index is 0.0647. The van der Waals surface area contributed by atoms with Crippen molar-refractivity contribution in [3.63, 3.8) is 0 Å². The summed E-state index contributed by atoms with van der Waals surface area (Å²) in [6, 6.07) is 18.0. The zero-order valence-electron chi connectivity index (χ0n) is 14.8. The van der Waals surface area contributed by atoms with Gasteiger partial charge < -0.3 is 0 Å². The monoisotopic (exact) mass is 429 g/mol. The third kappa shape index (κ3) is 3.74. The van der Waals surface area contributed by atoms with Gasteiger partial charge in [-0.3, -0.25) is 0 Å². The molecule has 0 radical (unpaired) electrons. The van der Waals surface area contributed by atoms with Gasteiger partial charge in [0.25, 0.3) is 0 Å². The van der Waals surface area contributed by atoms with Crippen LogP contribution in [0.15, 0.2) is 70.9 Å². The van der Waals surface area contributed by atoms with E-state index < -0.39 is 10.0 Å². The number of nitrogens with zero attached hydrogens (tertiary/aromatic N) is 2. The van der Waals surface area contributed by atoms with Crippen molar-refractivity contribution >= 4 is 33.0 Å². The van der Waals surface area contributed by atoms with Crippen molar-refractivity contribution in [3.8, 4) is 27.5 Å². The molecule has 2 heterocycles. The molecule has 0 spiro atoms. The Morgan fingerprint density at radius 1 is 1.04 bits per heavy atom. The molecule has 2 aromatic carbocycles. The molecule has 5 nitrogen and oxygen atoms in total. The SMILES string of the molecule is Cc1csc(-c2cc(-c3ccc(Cl)cc3)nn2-c2ccc(S(N)(=O)=O)cc2)c1. The van der Waals surface area contributed by atoms with E-state index in [2.05, 4.69) is 11.4 Å². The van der Waals surface area contributed by atoms with Crippen molar-refractivity contribution in [2.75, 3.05) is 0 Å². The molecule has 4 rings (SSSR count). The van der Waals surface area contributed by atoms with Crippen LogP contribution < -0.4 is 5.14 Å². The quantitative estimate of drug-likeness (QED) is 0.502. The summed E-state index contributed by atoms with van der Waals surface area (Å²) in [6.07, 6.45) is 0. The van der Waals surface area contributed by atoms with Gasteiger partial charge in [0.2, 0.25) is 10.0 Å². The van der Waals surface area contributed by atoms with Crippen molar-refractivity contribution in [1.29, 1.82) is 0 Å². The zero-order valence-corrected chi connectivity index (χ0v) is 17.2. The van der Waals surface area contributed by atoms with Gasteiger partial charge in [0.1, 0.15) is 0 Å². The fourth-order valence-electron chi connectivity index (χ4n) is 2.86. The number of halogens is 1. The Balaban J connectivity index is 1.86. The lowest BCUT2D eigenvalue weighted by Gasteiger charge is -2.07. The molecular formula is C20H16ClN3O2S2. The number of benzene rings is 2. The second-order valence-corrected chi connectivity index (χ2v) is 9.27. The van der Waals surface area contributed by atoms with E-state index in [1.807, 2.05) is 41.9 Å². The predicted octanol–water partition coefficient (Wildman–Crippen LogP) is 4.88. The van der Waals surface area contributed by atoms with E-state index in [9.17, 15) is 8.42 Å². The van der Waals surface area contributed by atoms with Gasteiger partial charge in [0, 0.05) is 10.6 Å². The van der Waals surface area contributed by atoms with Crippen LogP contribution in [-0.2, 0) is 10.0 Å². The van der Waals surface area contributed by atoms with Crippen molar-refractivity contribution in [2.24, 2.45) is 5.14 Å². The lowest BCUT2D eigenvalue weighted by molar-refractivity contribution is 0.598. The third-order valence-corrected chi connectivity index (χ3v) is 6.49. The van der Waals surface area contributed by atoms with E-state index in [0.717, 1.165) is 27.5 Å². The van der Waals surface area contributed by atoms with Crippen LogP contribution in [0.1, 0.15) is 5.56 Å². The van der Waals surface area contributed by atoms with Crippen LogP contribution in [-0.4, -0.2) is 18.2 Å². The van der Waals surface area contributed by atoms with Gasteiger partial charge >= 0.3 is 0 Å². The molecule has 0 bridgehead atoms. The summed E-state index contributed by atoms with van der Waals surface area (Å²) in [4.78, 5) is 1.13. The summed E-state index contributed by atoms with van der Waals surface area (Å²) in [5, 5.41) is 12.7. The topological polar surface area (TPSA) is 78.0 Å². The van der Waals surface area contributed by atoms with Gasteiger partial charge in [-0.25, -0.2) is 18.2 Å². The molecule has 0 saturated carbocycles. The maximum absolute atomic E-state index is 11.5. The summed E-state index contributed by atoms with van der Waals surface area (Å²) in [5.41, 5.74) is 4.58. The first-order valence-corrected chi connectivity index (χ1v) is 11.2. The zero-order chi connectivity index (χ0) is 19.9. The van der Waals surface area contributed by atoms with Gasteiger partial charge in [-0.1, -0.05) is 23.7 Å². The largest absolute Gasteiger partial charge is 0.238 e. The van der Waals surface area contributed by atoms with Gasteiger partial charge in [0.05, 0.1) is 26.8 Å². The highest BCUT2D eigenvalue weighted by Crippen LogP contribution is 2.33. The van der Waals surface area contributed by atoms with Gasteiger partial charge in [-0.05, 0) is 66.4 Å². The van der Waals surface area contributed by atoms with Crippen LogP contribution in [0.4, 0.5) is 0 Å². The maximum atomic E-state index is 11.5.